The Morgan fingerprint density at radius 2 is 1.89 bits per heavy atom. The molecule has 2 rings (SSSR count). The standard InChI is InChI=1S/C14H15NO3/c1-17-12-4-6-13(7-5-12)18-10-14(16)11-3-2-8-15-9-11/h2-9,14,16H,10H2,1H3. The molecule has 0 bridgehead atoms. The lowest BCUT2D eigenvalue weighted by Crippen LogP contribution is -2.09. The minimum atomic E-state index is -0.680. The first-order chi connectivity index (χ1) is 8.79. The molecule has 4 heteroatoms. The zero-order valence-electron chi connectivity index (χ0n) is 10.1. The van der Waals surface area contributed by atoms with Crippen LogP contribution in [0, 0.1) is 0 Å². The van der Waals surface area contributed by atoms with Crippen molar-refractivity contribution in [3.8, 4) is 11.5 Å². The molecule has 0 fully saturated rings. The highest BCUT2D eigenvalue weighted by molar-refractivity contribution is 5.31. The number of pyridine rings is 1. The van der Waals surface area contributed by atoms with Crippen LogP contribution in [0.2, 0.25) is 0 Å². The molecule has 1 N–H and O–H groups in total. The summed E-state index contributed by atoms with van der Waals surface area (Å²) in [6, 6.07) is 10.8. The van der Waals surface area contributed by atoms with Crippen molar-refractivity contribution in [2.45, 2.75) is 6.10 Å². The molecule has 1 aromatic heterocycles. The number of hydrogen-bond donors (Lipinski definition) is 1. The third-order valence-electron chi connectivity index (χ3n) is 2.54. The molecule has 18 heavy (non-hydrogen) atoms. The second-order valence-corrected chi connectivity index (χ2v) is 3.79. The number of hydrogen-bond acceptors (Lipinski definition) is 4. The number of benzene rings is 1. The fraction of sp³-hybridized carbons (Fsp3) is 0.214. The Balaban J connectivity index is 1.91. The number of nitrogens with zero attached hydrogens (tertiary/aromatic N) is 1. The average Bonchev–Trinajstić information content (AvgIpc) is 2.46. The summed E-state index contributed by atoms with van der Waals surface area (Å²) >= 11 is 0. The van der Waals surface area contributed by atoms with Crippen molar-refractivity contribution in [2.75, 3.05) is 13.7 Å². The van der Waals surface area contributed by atoms with Crippen molar-refractivity contribution in [1.29, 1.82) is 0 Å². The summed E-state index contributed by atoms with van der Waals surface area (Å²) in [6.07, 6.45) is 2.61. The summed E-state index contributed by atoms with van der Waals surface area (Å²) in [6.45, 7) is 0.192. The van der Waals surface area contributed by atoms with Gasteiger partial charge in [-0.05, 0) is 30.3 Å². The van der Waals surface area contributed by atoms with Crippen LogP contribution in [0.1, 0.15) is 11.7 Å². The number of ether oxygens (including phenoxy) is 2. The Kier molecular flexibility index (Phi) is 4.15. The van der Waals surface area contributed by atoms with Crippen LogP contribution < -0.4 is 9.47 Å². The first kappa shape index (κ1) is 12.4. The molecule has 94 valence electrons. The molecule has 0 spiro atoms. The summed E-state index contributed by atoms with van der Waals surface area (Å²) in [5.74, 6) is 1.47. The maximum Gasteiger partial charge on any atom is 0.119 e. The third kappa shape index (κ3) is 3.21. The van der Waals surface area contributed by atoms with E-state index in [-0.39, 0.29) is 6.61 Å². The van der Waals surface area contributed by atoms with Crippen LogP contribution in [-0.2, 0) is 0 Å². The highest BCUT2D eigenvalue weighted by Gasteiger charge is 2.08. The first-order valence-electron chi connectivity index (χ1n) is 5.64. The Morgan fingerprint density at radius 3 is 2.50 bits per heavy atom. The Hall–Kier alpha value is -2.07. The third-order valence-corrected chi connectivity index (χ3v) is 2.54. The molecule has 1 unspecified atom stereocenters. The molecule has 4 nitrogen and oxygen atoms in total. The van der Waals surface area contributed by atoms with Gasteiger partial charge in [0.05, 0.1) is 7.11 Å². The molecule has 1 heterocycles. The average molecular weight is 245 g/mol. The fourth-order valence-corrected chi connectivity index (χ4v) is 1.52. The van der Waals surface area contributed by atoms with Gasteiger partial charge in [-0.1, -0.05) is 6.07 Å². The minimum Gasteiger partial charge on any atom is -0.497 e. The number of aliphatic hydroxyl groups is 1. The highest BCUT2D eigenvalue weighted by Crippen LogP contribution is 2.19. The smallest absolute Gasteiger partial charge is 0.119 e. The van der Waals surface area contributed by atoms with E-state index in [4.69, 9.17) is 9.47 Å². The van der Waals surface area contributed by atoms with Crippen LogP contribution in [-0.4, -0.2) is 23.8 Å². The van der Waals surface area contributed by atoms with Gasteiger partial charge in [-0.2, -0.15) is 0 Å². The van der Waals surface area contributed by atoms with E-state index in [1.165, 1.54) is 0 Å². The molecule has 1 atom stereocenters. The molecule has 0 radical (unpaired) electrons. The zero-order chi connectivity index (χ0) is 12.8. The lowest BCUT2D eigenvalue weighted by Gasteiger charge is -2.12. The van der Waals surface area contributed by atoms with Crippen molar-refractivity contribution in [3.63, 3.8) is 0 Å². The summed E-state index contributed by atoms with van der Waals surface area (Å²) in [5.41, 5.74) is 0.742. The summed E-state index contributed by atoms with van der Waals surface area (Å²) in [7, 11) is 1.61. The van der Waals surface area contributed by atoms with Crippen molar-refractivity contribution >= 4 is 0 Å². The van der Waals surface area contributed by atoms with Crippen LogP contribution in [0.25, 0.3) is 0 Å². The van der Waals surface area contributed by atoms with Gasteiger partial charge in [-0.25, -0.2) is 0 Å². The van der Waals surface area contributed by atoms with E-state index in [0.717, 1.165) is 11.3 Å². The van der Waals surface area contributed by atoms with Crippen molar-refractivity contribution in [2.24, 2.45) is 0 Å². The Bertz CT molecular complexity index is 470. The van der Waals surface area contributed by atoms with Gasteiger partial charge in [0, 0.05) is 18.0 Å². The van der Waals surface area contributed by atoms with Gasteiger partial charge < -0.3 is 14.6 Å². The SMILES string of the molecule is COc1ccc(OCC(O)c2cccnc2)cc1. The van der Waals surface area contributed by atoms with Gasteiger partial charge in [-0.3, -0.25) is 4.98 Å². The molecule has 2 aromatic rings. The molecule has 0 aliphatic rings. The van der Waals surface area contributed by atoms with Crippen LogP contribution >= 0.6 is 0 Å². The fourth-order valence-electron chi connectivity index (χ4n) is 1.52. The normalized spacial score (nSPS) is 11.9. The van der Waals surface area contributed by atoms with Crippen LogP contribution in [0.4, 0.5) is 0 Å². The maximum atomic E-state index is 9.89. The molecule has 0 saturated carbocycles. The van der Waals surface area contributed by atoms with Gasteiger partial charge in [0.25, 0.3) is 0 Å². The van der Waals surface area contributed by atoms with Gasteiger partial charge in [0.15, 0.2) is 0 Å². The van der Waals surface area contributed by atoms with Crippen molar-refractivity contribution in [1.82, 2.24) is 4.98 Å². The van der Waals surface area contributed by atoms with E-state index in [1.54, 1.807) is 37.7 Å². The predicted octanol–water partition coefficient (Wildman–Crippen LogP) is 2.20. The second kappa shape index (κ2) is 6.02. The zero-order valence-corrected chi connectivity index (χ0v) is 10.1. The summed E-state index contributed by atoms with van der Waals surface area (Å²) in [5, 5.41) is 9.89. The molecule has 0 amide bonds. The number of aromatic nitrogens is 1. The van der Waals surface area contributed by atoms with Gasteiger partial charge >= 0.3 is 0 Å². The maximum absolute atomic E-state index is 9.89. The second-order valence-electron chi connectivity index (χ2n) is 3.79. The molecule has 0 aliphatic heterocycles. The van der Waals surface area contributed by atoms with E-state index < -0.39 is 6.10 Å². The van der Waals surface area contributed by atoms with Crippen LogP contribution in [0.5, 0.6) is 11.5 Å². The van der Waals surface area contributed by atoms with E-state index in [1.807, 2.05) is 18.2 Å². The van der Waals surface area contributed by atoms with E-state index in [2.05, 4.69) is 4.98 Å². The quantitative estimate of drug-likeness (QED) is 0.877. The predicted molar refractivity (Wildman–Crippen MR) is 67.7 cm³/mol. The van der Waals surface area contributed by atoms with Crippen molar-refractivity contribution < 1.29 is 14.6 Å². The topological polar surface area (TPSA) is 51.6 Å². The first-order valence-corrected chi connectivity index (χ1v) is 5.64. The lowest BCUT2D eigenvalue weighted by molar-refractivity contribution is 0.108. The molecular formula is C14H15NO3. The Morgan fingerprint density at radius 1 is 1.17 bits per heavy atom. The largest absolute Gasteiger partial charge is 0.497 e. The van der Waals surface area contributed by atoms with Gasteiger partial charge in [0.2, 0.25) is 0 Å². The van der Waals surface area contributed by atoms with Gasteiger partial charge in [-0.15, -0.1) is 0 Å². The lowest BCUT2D eigenvalue weighted by atomic mass is 10.2. The van der Waals surface area contributed by atoms with Crippen molar-refractivity contribution in [3.05, 3.63) is 54.4 Å². The minimum absolute atomic E-state index is 0.192. The number of rotatable bonds is 5. The summed E-state index contributed by atoms with van der Waals surface area (Å²) < 4.78 is 10.5. The summed E-state index contributed by atoms with van der Waals surface area (Å²) in [4.78, 5) is 3.95. The monoisotopic (exact) mass is 245 g/mol. The molecule has 1 aromatic carbocycles. The van der Waals surface area contributed by atoms with Crippen LogP contribution in [0.3, 0.4) is 0 Å². The van der Waals surface area contributed by atoms with E-state index >= 15 is 0 Å². The molecular weight excluding hydrogens is 230 g/mol. The number of aliphatic hydroxyl groups excluding tert-OH is 1. The Labute approximate surface area is 106 Å². The number of methoxy groups -OCH3 is 1. The van der Waals surface area contributed by atoms with E-state index in [0.29, 0.717) is 5.75 Å². The molecule has 0 aliphatic carbocycles. The van der Waals surface area contributed by atoms with Crippen LogP contribution in [0.15, 0.2) is 48.8 Å². The molecule has 0 saturated heterocycles. The highest BCUT2D eigenvalue weighted by atomic mass is 16.5. The van der Waals surface area contributed by atoms with Gasteiger partial charge in [0.1, 0.15) is 24.2 Å². The van der Waals surface area contributed by atoms with E-state index in [9.17, 15) is 5.11 Å².